The van der Waals surface area contributed by atoms with Crippen molar-refractivity contribution in [1.82, 2.24) is 0 Å². The molecule has 0 heterocycles. The van der Waals surface area contributed by atoms with Crippen LogP contribution in [-0.2, 0) is 11.8 Å². The van der Waals surface area contributed by atoms with E-state index < -0.39 is 6.04 Å². The Labute approximate surface area is 233 Å². The van der Waals surface area contributed by atoms with E-state index >= 15 is 0 Å². The van der Waals surface area contributed by atoms with Crippen LogP contribution in [0.2, 0.25) is 0 Å². The Morgan fingerprint density at radius 2 is 0.600 bits per heavy atom. The van der Waals surface area contributed by atoms with Crippen LogP contribution >= 0.6 is 15.3 Å². The minimum atomic E-state index is -1.05. The van der Waals surface area contributed by atoms with Gasteiger partial charge in [0, 0.05) is 0 Å². The molecule has 0 aliphatic heterocycles. The van der Waals surface area contributed by atoms with Crippen molar-refractivity contribution in [2.75, 3.05) is 24.6 Å². The summed E-state index contributed by atoms with van der Waals surface area (Å²) in [5.74, 6) is 0. The van der Waals surface area contributed by atoms with Crippen LogP contribution in [-0.4, -0.2) is 24.6 Å². The van der Waals surface area contributed by atoms with Gasteiger partial charge in [0.15, 0.2) is 0 Å². The van der Waals surface area contributed by atoms with E-state index in [1.54, 1.807) is 0 Å². The Kier molecular flexibility index (Phi) is 36.2. The van der Waals surface area contributed by atoms with Crippen LogP contribution in [0.5, 0.6) is 0 Å². The second-order valence-electron chi connectivity index (χ2n) is 11.1. The summed E-state index contributed by atoms with van der Waals surface area (Å²) < 4.78 is 0. The quantitative estimate of drug-likeness (QED) is 0.0726. The molecule has 0 spiro atoms. The fourth-order valence-corrected chi connectivity index (χ4v) is 9.32. The van der Waals surface area contributed by atoms with Gasteiger partial charge in [-0.2, -0.15) is 0 Å². The van der Waals surface area contributed by atoms with Crippen LogP contribution in [0.4, 0.5) is 0 Å². The van der Waals surface area contributed by atoms with Crippen LogP contribution < -0.4 is 0 Å². The lowest BCUT2D eigenvalue weighted by Crippen LogP contribution is -2.01. The van der Waals surface area contributed by atoms with Crippen molar-refractivity contribution in [3.05, 3.63) is 0 Å². The predicted octanol–water partition coefficient (Wildman–Crippen LogP) is 12.8. The van der Waals surface area contributed by atoms with Gasteiger partial charge in [-0.05, 0) is 56.4 Å². The van der Waals surface area contributed by atoms with E-state index in [-0.39, 0.29) is 0 Å². The number of hydrogen-bond donors (Lipinski definition) is 0. The van der Waals surface area contributed by atoms with E-state index in [1.807, 2.05) is 0 Å². The van der Waals surface area contributed by atoms with Gasteiger partial charge in [-0.15, -0.1) is 9.24 Å². The summed E-state index contributed by atoms with van der Waals surface area (Å²) in [4.78, 5) is 0. The molecule has 0 N–H and O–H groups in total. The summed E-state index contributed by atoms with van der Waals surface area (Å²) in [6, 6.07) is -1.05. The van der Waals surface area contributed by atoms with Crippen molar-refractivity contribution in [3.8, 4) is 0 Å². The monoisotopic (exact) mass is 548 g/mol. The van der Waals surface area contributed by atoms with Crippen molar-refractivity contribution < 1.29 is 0 Å². The minimum absolute atomic E-state index is 1.05. The minimum Gasteiger partial charge on any atom is -0.138 e. The van der Waals surface area contributed by atoms with E-state index in [0.29, 0.717) is 0 Å². The van der Waals surface area contributed by atoms with Gasteiger partial charge in [0.25, 0.3) is 0 Å². The molecule has 0 radical (unpaired) electrons. The molecule has 0 aromatic rings. The smallest absolute Gasteiger partial charge is 0.0235 e. The zero-order chi connectivity index (χ0) is 26.3. The lowest BCUT2D eigenvalue weighted by molar-refractivity contribution is 0.617. The molecule has 1 atom stereocenters. The number of unbranched alkanes of at least 4 members (excludes halogenated alkanes) is 20. The molecule has 214 valence electrons. The first-order valence-electron chi connectivity index (χ1n) is 16.4. The van der Waals surface area contributed by atoms with E-state index in [9.17, 15) is 0 Å². The fraction of sp³-hybridized carbons (Fsp3) is 1.00. The van der Waals surface area contributed by atoms with Crippen LogP contribution in [0.15, 0.2) is 0 Å². The molecular formula is C32H70P2S. The zero-order valence-corrected chi connectivity index (χ0v) is 28.1. The maximum absolute atomic E-state index is 6.32. The molecule has 0 aliphatic rings. The first-order valence-corrected chi connectivity index (χ1v) is 20.5. The third-order valence-electron chi connectivity index (χ3n) is 7.32. The molecule has 0 saturated carbocycles. The second-order valence-corrected chi connectivity index (χ2v) is 17.4. The van der Waals surface area contributed by atoms with Crippen LogP contribution in [0.25, 0.3) is 0 Å². The average molecular weight is 549 g/mol. The van der Waals surface area contributed by atoms with Crippen molar-refractivity contribution in [3.63, 3.8) is 0 Å². The summed E-state index contributed by atoms with van der Waals surface area (Å²) in [6.07, 6.45) is 39.6. The highest BCUT2D eigenvalue weighted by Gasteiger charge is 2.16. The summed E-state index contributed by atoms with van der Waals surface area (Å²) in [7, 11) is 2.78. The van der Waals surface area contributed by atoms with E-state index in [2.05, 4.69) is 36.9 Å². The Morgan fingerprint density at radius 3 is 0.857 bits per heavy atom. The van der Waals surface area contributed by atoms with Crippen LogP contribution in [0, 0.1) is 0 Å². The highest BCUT2D eigenvalue weighted by molar-refractivity contribution is 8.14. The highest BCUT2D eigenvalue weighted by Crippen LogP contribution is 2.49. The van der Waals surface area contributed by atoms with Gasteiger partial charge in [0.05, 0.1) is 0 Å². The first-order chi connectivity index (χ1) is 17.1. The average Bonchev–Trinajstić information content (AvgIpc) is 2.86. The molecule has 0 aromatic carbocycles. The van der Waals surface area contributed by atoms with Gasteiger partial charge in [-0.1, -0.05) is 168 Å². The van der Waals surface area contributed by atoms with E-state index in [0.717, 1.165) is 0 Å². The Bertz CT molecular complexity index is 357. The molecule has 0 rings (SSSR count). The number of rotatable bonds is 27. The predicted molar refractivity (Wildman–Crippen MR) is 177 cm³/mol. The molecule has 0 amide bonds. The Morgan fingerprint density at radius 1 is 0.371 bits per heavy atom. The topological polar surface area (TPSA) is 0 Å². The molecule has 1 unspecified atom stereocenters. The van der Waals surface area contributed by atoms with E-state index in [1.165, 1.54) is 179 Å². The molecule has 0 fully saturated rings. The highest BCUT2D eigenvalue weighted by atomic mass is 32.4. The maximum atomic E-state index is 6.32. The van der Waals surface area contributed by atoms with Gasteiger partial charge >= 0.3 is 0 Å². The molecule has 3 heteroatoms. The molecule has 0 nitrogen and oxygen atoms in total. The lowest BCUT2D eigenvalue weighted by atomic mass is 10.1. The molecule has 0 aliphatic carbocycles. The van der Waals surface area contributed by atoms with Gasteiger partial charge in [-0.3, -0.25) is 0 Å². The Hall–Kier alpha value is 1.08. The SMILES string of the molecule is CCCCCCCCP.CCCCCCCCP(=S)(CCCCCCCC)CCCCCCCC. The van der Waals surface area contributed by atoms with Crippen LogP contribution in [0.1, 0.15) is 182 Å². The van der Waals surface area contributed by atoms with Gasteiger partial charge in [0.2, 0.25) is 0 Å². The van der Waals surface area contributed by atoms with Crippen molar-refractivity contribution in [2.24, 2.45) is 0 Å². The van der Waals surface area contributed by atoms with Crippen molar-refractivity contribution in [1.29, 1.82) is 0 Å². The zero-order valence-electron chi connectivity index (χ0n) is 25.2. The number of hydrogen-bond acceptors (Lipinski definition) is 1. The van der Waals surface area contributed by atoms with Gasteiger partial charge in [-0.25, -0.2) is 0 Å². The van der Waals surface area contributed by atoms with Crippen molar-refractivity contribution in [2.45, 2.75) is 182 Å². The van der Waals surface area contributed by atoms with Crippen molar-refractivity contribution >= 4 is 27.1 Å². The first kappa shape index (κ1) is 38.2. The van der Waals surface area contributed by atoms with Gasteiger partial charge < -0.3 is 0 Å². The molecule has 0 bridgehead atoms. The molecular weight excluding hydrogens is 478 g/mol. The lowest BCUT2D eigenvalue weighted by Gasteiger charge is -2.22. The molecule has 0 saturated heterocycles. The largest absolute Gasteiger partial charge is 0.138 e. The fourth-order valence-electron chi connectivity index (χ4n) is 4.80. The standard InChI is InChI=1S/C24H51PS.C8H19P/c1-4-7-10-13-16-19-22-25(26,23-20-17-14-11-8-5-2)24-21-18-15-12-9-6-3;1-2-3-4-5-6-7-8-9/h4-24H2,1-3H3;2-9H2,1H3. The summed E-state index contributed by atoms with van der Waals surface area (Å²) in [5, 5.41) is 0. The van der Waals surface area contributed by atoms with E-state index in [4.69, 9.17) is 11.8 Å². The normalized spacial score (nSPS) is 11.5. The third-order valence-corrected chi connectivity index (χ3v) is 12.8. The summed E-state index contributed by atoms with van der Waals surface area (Å²) >= 11 is 6.32. The Balaban J connectivity index is 0. The third kappa shape index (κ3) is 33.1. The maximum Gasteiger partial charge on any atom is -0.0235 e. The second kappa shape index (κ2) is 33.1. The summed E-state index contributed by atoms with van der Waals surface area (Å²) in [5.41, 5.74) is 0. The molecule has 0 aromatic heterocycles. The molecule has 35 heavy (non-hydrogen) atoms. The summed E-state index contributed by atoms with van der Waals surface area (Å²) in [6.45, 7) is 9.18. The van der Waals surface area contributed by atoms with Gasteiger partial charge in [0.1, 0.15) is 0 Å². The van der Waals surface area contributed by atoms with Crippen LogP contribution in [0.3, 0.4) is 0 Å².